The molecule has 0 amide bonds. The van der Waals surface area contributed by atoms with Gasteiger partial charge in [0.2, 0.25) is 0 Å². The molecule has 2 N–H and O–H groups in total. The molecule has 1 aliphatic carbocycles. The highest BCUT2D eigenvalue weighted by atomic mass is 35.5. The van der Waals surface area contributed by atoms with Crippen LogP contribution in [-0.4, -0.2) is 20.2 Å². The topological polar surface area (TPSA) is 69.6 Å². The lowest BCUT2D eigenvalue weighted by Gasteiger charge is -2.05. The van der Waals surface area contributed by atoms with Crippen molar-refractivity contribution in [3.05, 3.63) is 23.2 Å². The molecule has 94 valence electrons. The minimum absolute atomic E-state index is 0.599. The molecule has 18 heavy (non-hydrogen) atoms. The average Bonchev–Trinajstić information content (AvgIpc) is 3.02. The molecular formula is C12H14ClN5. The molecule has 2 aromatic rings. The number of hydrogen-bond acceptors (Lipinski definition) is 4. The molecule has 0 atom stereocenters. The van der Waals surface area contributed by atoms with Crippen LogP contribution in [0.4, 0.5) is 5.69 Å². The van der Waals surface area contributed by atoms with Crippen molar-refractivity contribution >= 4 is 17.3 Å². The van der Waals surface area contributed by atoms with E-state index in [2.05, 4.69) is 15.5 Å². The van der Waals surface area contributed by atoms with Crippen LogP contribution in [0, 0.1) is 5.92 Å². The summed E-state index contributed by atoms with van der Waals surface area (Å²) in [5, 5.41) is 12.4. The molecule has 1 aromatic heterocycles. The van der Waals surface area contributed by atoms with Crippen LogP contribution in [0.5, 0.6) is 0 Å². The van der Waals surface area contributed by atoms with E-state index >= 15 is 0 Å². The zero-order valence-corrected chi connectivity index (χ0v) is 10.6. The second kappa shape index (κ2) is 4.57. The van der Waals surface area contributed by atoms with E-state index in [1.807, 2.05) is 16.8 Å². The summed E-state index contributed by atoms with van der Waals surface area (Å²) in [6, 6.07) is 5.38. The molecule has 0 spiro atoms. The van der Waals surface area contributed by atoms with Gasteiger partial charge in [0, 0.05) is 22.8 Å². The standard InChI is InChI=1S/C12H14ClN5/c13-10-5-9(6-11(14)7-10)12-15-16-17-18(12)4-3-8-1-2-8/h5-8H,1-4,14H2. The second-order valence-electron chi connectivity index (χ2n) is 4.73. The minimum atomic E-state index is 0.599. The predicted molar refractivity (Wildman–Crippen MR) is 70.0 cm³/mol. The van der Waals surface area contributed by atoms with Gasteiger partial charge in [0.25, 0.3) is 0 Å². The van der Waals surface area contributed by atoms with Gasteiger partial charge in [0.1, 0.15) is 0 Å². The van der Waals surface area contributed by atoms with Crippen LogP contribution in [0.25, 0.3) is 11.4 Å². The highest BCUT2D eigenvalue weighted by Gasteiger charge is 2.21. The van der Waals surface area contributed by atoms with Crippen LogP contribution in [0.15, 0.2) is 18.2 Å². The van der Waals surface area contributed by atoms with Crippen LogP contribution in [0.3, 0.4) is 0 Å². The number of nitrogens with zero attached hydrogens (tertiary/aromatic N) is 4. The van der Waals surface area contributed by atoms with Gasteiger partial charge in [-0.2, -0.15) is 0 Å². The molecule has 1 aliphatic rings. The monoisotopic (exact) mass is 263 g/mol. The second-order valence-corrected chi connectivity index (χ2v) is 5.17. The maximum Gasteiger partial charge on any atom is 0.182 e. The molecule has 0 radical (unpaired) electrons. The molecule has 6 heteroatoms. The van der Waals surface area contributed by atoms with E-state index in [9.17, 15) is 0 Å². The van der Waals surface area contributed by atoms with Gasteiger partial charge in [0.05, 0.1) is 0 Å². The number of rotatable bonds is 4. The SMILES string of the molecule is Nc1cc(Cl)cc(-c2nnnn2CCC2CC2)c1. The van der Waals surface area contributed by atoms with Gasteiger partial charge in [-0.15, -0.1) is 5.10 Å². The molecule has 0 aliphatic heterocycles. The maximum absolute atomic E-state index is 6.00. The van der Waals surface area contributed by atoms with Crippen molar-refractivity contribution in [2.24, 2.45) is 5.92 Å². The Morgan fingerprint density at radius 1 is 1.33 bits per heavy atom. The first-order chi connectivity index (χ1) is 8.72. The van der Waals surface area contributed by atoms with Crippen LogP contribution >= 0.6 is 11.6 Å². The molecule has 1 heterocycles. The highest BCUT2D eigenvalue weighted by molar-refractivity contribution is 6.31. The molecule has 1 fully saturated rings. The van der Waals surface area contributed by atoms with Crippen LogP contribution < -0.4 is 5.73 Å². The third-order valence-corrected chi connectivity index (χ3v) is 3.37. The van der Waals surface area contributed by atoms with E-state index in [1.54, 1.807) is 6.07 Å². The van der Waals surface area contributed by atoms with Crippen molar-refractivity contribution in [3.8, 4) is 11.4 Å². The number of aryl methyl sites for hydroxylation is 1. The van der Waals surface area contributed by atoms with Crippen LogP contribution in [0.1, 0.15) is 19.3 Å². The fourth-order valence-corrected chi connectivity index (χ4v) is 2.26. The van der Waals surface area contributed by atoms with Crippen LogP contribution in [-0.2, 0) is 6.54 Å². The van der Waals surface area contributed by atoms with E-state index in [-0.39, 0.29) is 0 Å². The fraction of sp³-hybridized carbons (Fsp3) is 0.417. The Kier molecular flexibility index (Phi) is 2.91. The molecule has 0 bridgehead atoms. The lowest BCUT2D eigenvalue weighted by molar-refractivity contribution is 0.535. The van der Waals surface area contributed by atoms with Gasteiger partial charge in [-0.3, -0.25) is 0 Å². The van der Waals surface area contributed by atoms with E-state index in [0.29, 0.717) is 10.7 Å². The Morgan fingerprint density at radius 3 is 2.89 bits per heavy atom. The van der Waals surface area contributed by atoms with Gasteiger partial charge >= 0.3 is 0 Å². The number of nitrogens with two attached hydrogens (primary N) is 1. The largest absolute Gasteiger partial charge is 0.399 e. The zero-order valence-electron chi connectivity index (χ0n) is 9.88. The van der Waals surface area contributed by atoms with Crippen LogP contribution in [0.2, 0.25) is 5.02 Å². The van der Waals surface area contributed by atoms with Gasteiger partial charge < -0.3 is 5.73 Å². The first-order valence-electron chi connectivity index (χ1n) is 6.05. The lowest BCUT2D eigenvalue weighted by Crippen LogP contribution is -2.04. The summed E-state index contributed by atoms with van der Waals surface area (Å²) in [4.78, 5) is 0. The first-order valence-corrected chi connectivity index (χ1v) is 6.43. The molecule has 1 saturated carbocycles. The zero-order chi connectivity index (χ0) is 12.5. The fourth-order valence-electron chi connectivity index (χ4n) is 2.01. The Hall–Kier alpha value is -1.62. The summed E-state index contributed by atoms with van der Waals surface area (Å²) >= 11 is 6.00. The number of aromatic nitrogens is 4. The van der Waals surface area contributed by atoms with Crippen molar-refractivity contribution in [3.63, 3.8) is 0 Å². The molecular weight excluding hydrogens is 250 g/mol. The predicted octanol–water partition coefficient (Wildman–Crippen LogP) is 2.38. The number of nitrogen functional groups attached to an aromatic ring is 1. The number of halogens is 1. The number of hydrogen-bond donors (Lipinski definition) is 1. The maximum atomic E-state index is 6.00. The summed E-state index contributed by atoms with van der Waals surface area (Å²) in [6.07, 6.45) is 3.80. The molecule has 5 nitrogen and oxygen atoms in total. The Morgan fingerprint density at radius 2 is 2.17 bits per heavy atom. The average molecular weight is 264 g/mol. The Labute approximate surface area is 110 Å². The van der Waals surface area contributed by atoms with Gasteiger partial charge in [-0.25, -0.2) is 4.68 Å². The summed E-state index contributed by atoms with van der Waals surface area (Å²) in [7, 11) is 0. The Balaban J connectivity index is 1.87. The van der Waals surface area contributed by atoms with Gasteiger partial charge in [-0.05, 0) is 41.0 Å². The summed E-state index contributed by atoms with van der Waals surface area (Å²) in [6.45, 7) is 0.847. The van der Waals surface area contributed by atoms with E-state index in [1.165, 1.54) is 12.8 Å². The molecule has 0 saturated heterocycles. The Bertz CT molecular complexity index is 541. The van der Waals surface area contributed by atoms with Crippen molar-refractivity contribution in [1.29, 1.82) is 0 Å². The van der Waals surface area contributed by atoms with Gasteiger partial charge in [-0.1, -0.05) is 24.4 Å². The minimum Gasteiger partial charge on any atom is -0.399 e. The molecule has 1 aromatic carbocycles. The first kappa shape index (κ1) is 11.5. The van der Waals surface area contributed by atoms with E-state index in [4.69, 9.17) is 17.3 Å². The van der Waals surface area contributed by atoms with Crippen molar-refractivity contribution in [1.82, 2.24) is 20.2 Å². The van der Waals surface area contributed by atoms with Crippen molar-refractivity contribution in [2.75, 3.05) is 5.73 Å². The quantitative estimate of drug-likeness (QED) is 0.860. The smallest absolute Gasteiger partial charge is 0.182 e. The van der Waals surface area contributed by atoms with Crippen molar-refractivity contribution in [2.45, 2.75) is 25.8 Å². The molecule has 0 unspecified atom stereocenters. The number of benzene rings is 1. The van der Waals surface area contributed by atoms with Crippen molar-refractivity contribution < 1.29 is 0 Å². The number of anilines is 1. The summed E-state index contributed by atoms with van der Waals surface area (Å²) in [5.74, 6) is 1.58. The molecule has 3 rings (SSSR count). The third-order valence-electron chi connectivity index (χ3n) is 3.16. The third kappa shape index (κ3) is 2.46. The van der Waals surface area contributed by atoms with E-state index in [0.717, 1.165) is 30.3 Å². The lowest BCUT2D eigenvalue weighted by atomic mass is 10.2. The highest BCUT2D eigenvalue weighted by Crippen LogP contribution is 2.33. The van der Waals surface area contributed by atoms with Gasteiger partial charge in [0.15, 0.2) is 5.82 Å². The van der Waals surface area contributed by atoms with E-state index < -0.39 is 0 Å². The normalized spacial score (nSPS) is 14.9. The summed E-state index contributed by atoms with van der Waals surface area (Å²) < 4.78 is 1.82. The number of tetrazole rings is 1. The summed E-state index contributed by atoms with van der Waals surface area (Å²) in [5.41, 5.74) is 7.27.